The Morgan fingerprint density at radius 2 is 2.17 bits per heavy atom. The van der Waals surface area contributed by atoms with Gasteiger partial charge in [-0.05, 0) is 50.5 Å². The number of nitrogens with one attached hydrogen (secondary N) is 1. The van der Waals surface area contributed by atoms with Crippen molar-refractivity contribution < 1.29 is 9.18 Å². The van der Waals surface area contributed by atoms with Crippen molar-refractivity contribution in [3.63, 3.8) is 0 Å². The number of aryl methyl sites for hydroxylation is 1. The highest BCUT2D eigenvalue weighted by molar-refractivity contribution is 9.10. The highest BCUT2D eigenvalue weighted by Gasteiger charge is 2.24. The Morgan fingerprint density at radius 1 is 1.34 bits per heavy atom. The molecule has 154 valence electrons. The molecule has 6 nitrogen and oxygen atoms in total. The topological polar surface area (TPSA) is 70.5 Å². The van der Waals surface area contributed by atoms with Crippen molar-refractivity contribution in [2.75, 3.05) is 12.0 Å². The molecule has 1 unspecified atom stereocenters. The Bertz CT molecular complexity index is 905. The van der Waals surface area contributed by atoms with Gasteiger partial charge in [-0.3, -0.25) is 4.79 Å². The Balaban J connectivity index is 1.79. The lowest BCUT2D eigenvalue weighted by atomic mass is 10.1. The molecular weight excluding hydrogens is 437 g/mol. The van der Waals surface area contributed by atoms with Gasteiger partial charge in [-0.15, -0.1) is 0 Å². The largest absolute Gasteiger partial charge is 0.335 e. The van der Waals surface area contributed by atoms with Gasteiger partial charge in [-0.25, -0.2) is 19.8 Å². The van der Waals surface area contributed by atoms with E-state index in [9.17, 15) is 9.18 Å². The Kier molecular flexibility index (Phi) is 7.30. The summed E-state index contributed by atoms with van der Waals surface area (Å²) < 4.78 is 14.6. The molecular formula is C21H25BrFN5O. The molecule has 3 rings (SSSR count). The van der Waals surface area contributed by atoms with Crippen LogP contribution in [0, 0.1) is 5.82 Å². The minimum absolute atomic E-state index is 0.0810. The minimum atomic E-state index is -0.390. The molecule has 0 saturated carbocycles. The fourth-order valence-corrected chi connectivity index (χ4v) is 3.66. The SMILES string of the molecule is CCc1cc(C(=O)N2CCCCCC2C)nc(N/N=C/c2ccc(Br)cc2F)n1. The van der Waals surface area contributed by atoms with E-state index in [0.29, 0.717) is 22.2 Å². The van der Waals surface area contributed by atoms with Crippen molar-refractivity contribution in [2.45, 2.75) is 52.0 Å². The van der Waals surface area contributed by atoms with Gasteiger partial charge in [0.25, 0.3) is 5.91 Å². The number of anilines is 1. The van der Waals surface area contributed by atoms with Crippen LogP contribution in [0.3, 0.4) is 0 Å². The molecule has 2 aromatic rings. The molecule has 29 heavy (non-hydrogen) atoms. The zero-order valence-corrected chi connectivity index (χ0v) is 18.2. The maximum absolute atomic E-state index is 13.9. The second-order valence-corrected chi connectivity index (χ2v) is 8.07. The first-order valence-corrected chi connectivity index (χ1v) is 10.7. The molecule has 0 bridgehead atoms. The number of amides is 1. The lowest BCUT2D eigenvalue weighted by molar-refractivity contribution is 0.0691. The van der Waals surface area contributed by atoms with Crippen LogP contribution in [0.15, 0.2) is 33.8 Å². The van der Waals surface area contributed by atoms with E-state index < -0.39 is 0 Å². The van der Waals surface area contributed by atoms with E-state index in [2.05, 4.69) is 43.3 Å². The van der Waals surface area contributed by atoms with Gasteiger partial charge in [0, 0.05) is 28.3 Å². The number of carbonyl (C=O) groups excluding carboxylic acids is 1. The van der Waals surface area contributed by atoms with E-state index in [-0.39, 0.29) is 23.7 Å². The zero-order chi connectivity index (χ0) is 20.8. The molecule has 0 spiro atoms. The maximum Gasteiger partial charge on any atom is 0.272 e. The van der Waals surface area contributed by atoms with Crippen molar-refractivity contribution in [1.82, 2.24) is 14.9 Å². The number of likely N-dealkylation sites (tertiary alicyclic amines) is 1. The lowest BCUT2D eigenvalue weighted by Crippen LogP contribution is -2.38. The molecule has 1 N–H and O–H groups in total. The summed E-state index contributed by atoms with van der Waals surface area (Å²) in [5.41, 5.74) is 4.17. The van der Waals surface area contributed by atoms with Crippen LogP contribution in [0.2, 0.25) is 0 Å². The highest BCUT2D eigenvalue weighted by atomic mass is 79.9. The number of hydrogen-bond acceptors (Lipinski definition) is 5. The number of carbonyl (C=O) groups is 1. The third-order valence-electron chi connectivity index (χ3n) is 5.01. The number of hydrazone groups is 1. The summed E-state index contributed by atoms with van der Waals surface area (Å²) in [6.45, 7) is 4.80. The average Bonchev–Trinajstić information content (AvgIpc) is 2.93. The number of hydrogen-bond donors (Lipinski definition) is 1. The highest BCUT2D eigenvalue weighted by Crippen LogP contribution is 2.19. The van der Waals surface area contributed by atoms with E-state index in [1.54, 1.807) is 18.2 Å². The molecule has 1 fully saturated rings. The van der Waals surface area contributed by atoms with Crippen LogP contribution < -0.4 is 5.43 Å². The predicted molar refractivity (Wildman–Crippen MR) is 116 cm³/mol. The number of rotatable bonds is 5. The molecule has 1 amide bonds. The van der Waals surface area contributed by atoms with Gasteiger partial charge in [0.1, 0.15) is 11.5 Å². The van der Waals surface area contributed by atoms with Crippen LogP contribution in [-0.2, 0) is 6.42 Å². The van der Waals surface area contributed by atoms with Crippen molar-refractivity contribution in [1.29, 1.82) is 0 Å². The molecule has 1 aliphatic rings. The van der Waals surface area contributed by atoms with Crippen LogP contribution >= 0.6 is 15.9 Å². The summed E-state index contributed by atoms with van der Waals surface area (Å²) in [5.74, 6) is -0.245. The summed E-state index contributed by atoms with van der Waals surface area (Å²) in [7, 11) is 0. The molecule has 0 aliphatic carbocycles. The molecule has 1 aromatic heterocycles. The van der Waals surface area contributed by atoms with Crippen molar-refractivity contribution in [3.05, 3.63) is 51.5 Å². The second kappa shape index (κ2) is 9.91. The number of benzene rings is 1. The quantitative estimate of drug-likeness (QED) is 0.513. The van der Waals surface area contributed by atoms with Gasteiger partial charge >= 0.3 is 0 Å². The van der Waals surface area contributed by atoms with Gasteiger partial charge < -0.3 is 4.90 Å². The van der Waals surface area contributed by atoms with E-state index in [4.69, 9.17) is 0 Å². The van der Waals surface area contributed by atoms with Crippen LogP contribution in [0.5, 0.6) is 0 Å². The van der Waals surface area contributed by atoms with Crippen molar-refractivity contribution in [3.8, 4) is 0 Å². The summed E-state index contributed by atoms with van der Waals surface area (Å²) in [6, 6.07) is 6.65. The van der Waals surface area contributed by atoms with Crippen LogP contribution in [0.25, 0.3) is 0 Å². The van der Waals surface area contributed by atoms with Gasteiger partial charge in [-0.2, -0.15) is 5.10 Å². The fourth-order valence-electron chi connectivity index (χ4n) is 3.33. The normalized spacial score (nSPS) is 17.4. The summed E-state index contributed by atoms with van der Waals surface area (Å²) in [4.78, 5) is 23.7. The van der Waals surface area contributed by atoms with Gasteiger partial charge in [0.2, 0.25) is 5.95 Å². The van der Waals surface area contributed by atoms with Gasteiger partial charge in [0.05, 0.1) is 6.21 Å². The summed E-state index contributed by atoms with van der Waals surface area (Å²) in [5, 5.41) is 4.04. The Hall–Kier alpha value is -2.35. The molecule has 1 aliphatic heterocycles. The molecule has 1 saturated heterocycles. The molecule has 1 aromatic carbocycles. The van der Waals surface area contributed by atoms with Crippen LogP contribution in [0.4, 0.5) is 10.3 Å². The van der Waals surface area contributed by atoms with E-state index in [0.717, 1.165) is 37.9 Å². The third-order valence-corrected chi connectivity index (χ3v) is 5.50. The smallest absolute Gasteiger partial charge is 0.272 e. The van der Waals surface area contributed by atoms with E-state index in [1.807, 2.05) is 11.8 Å². The minimum Gasteiger partial charge on any atom is -0.335 e. The molecule has 0 radical (unpaired) electrons. The van der Waals surface area contributed by atoms with Gasteiger partial charge in [-0.1, -0.05) is 35.7 Å². The fraction of sp³-hybridized carbons (Fsp3) is 0.429. The first kappa shape index (κ1) is 21.4. The lowest BCUT2D eigenvalue weighted by Gasteiger charge is -2.27. The number of halogens is 2. The van der Waals surface area contributed by atoms with Gasteiger partial charge in [0.15, 0.2) is 0 Å². The number of aromatic nitrogens is 2. The maximum atomic E-state index is 13.9. The first-order chi connectivity index (χ1) is 14.0. The second-order valence-electron chi connectivity index (χ2n) is 7.15. The van der Waals surface area contributed by atoms with Crippen molar-refractivity contribution in [2.24, 2.45) is 5.10 Å². The molecule has 1 atom stereocenters. The zero-order valence-electron chi connectivity index (χ0n) is 16.7. The first-order valence-electron chi connectivity index (χ1n) is 9.91. The Labute approximate surface area is 178 Å². The summed E-state index contributed by atoms with van der Waals surface area (Å²) in [6.07, 6.45) is 6.33. The predicted octanol–water partition coefficient (Wildman–Crippen LogP) is 4.79. The monoisotopic (exact) mass is 461 g/mol. The third kappa shape index (κ3) is 5.59. The summed E-state index contributed by atoms with van der Waals surface area (Å²) >= 11 is 3.22. The average molecular weight is 462 g/mol. The number of nitrogens with zero attached hydrogens (tertiary/aromatic N) is 4. The van der Waals surface area contributed by atoms with Crippen LogP contribution in [0.1, 0.15) is 61.3 Å². The van der Waals surface area contributed by atoms with Crippen molar-refractivity contribution >= 4 is 34.0 Å². The van der Waals surface area contributed by atoms with E-state index >= 15 is 0 Å². The Morgan fingerprint density at radius 3 is 2.93 bits per heavy atom. The van der Waals surface area contributed by atoms with Crippen LogP contribution in [-0.4, -0.2) is 39.6 Å². The molecule has 8 heteroatoms. The van der Waals surface area contributed by atoms with E-state index in [1.165, 1.54) is 12.3 Å². The molecule has 2 heterocycles. The standard InChI is InChI=1S/C21H25BrFN5O/c1-3-17-12-19(20(29)28-10-6-4-5-7-14(28)2)26-21(25-17)27-24-13-15-8-9-16(22)11-18(15)23/h8-9,11-14H,3-7,10H2,1-2H3,(H,25,26,27)/b24-13+.